The Morgan fingerprint density at radius 3 is 2.50 bits per heavy atom. The lowest BCUT2D eigenvalue weighted by molar-refractivity contribution is 0.620. The molecule has 2 nitrogen and oxygen atoms in total. The van der Waals surface area contributed by atoms with Crippen molar-refractivity contribution in [3.05, 3.63) is 57.6 Å². The van der Waals surface area contributed by atoms with Gasteiger partial charge in [0.2, 0.25) is 0 Å². The summed E-state index contributed by atoms with van der Waals surface area (Å²) in [7, 11) is 0. The summed E-state index contributed by atoms with van der Waals surface area (Å²) < 4.78 is 27.5. The fourth-order valence-corrected chi connectivity index (χ4v) is 2.24. The van der Waals surface area contributed by atoms with Gasteiger partial charge in [0.15, 0.2) is 0 Å². The van der Waals surface area contributed by atoms with Crippen molar-refractivity contribution < 1.29 is 8.78 Å². The molecule has 0 spiro atoms. The summed E-state index contributed by atoms with van der Waals surface area (Å²) in [5.74, 6) is -0.843. The van der Waals surface area contributed by atoms with Crippen LogP contribution in [0.25, 0.3) is 0 Å². The Kier molecular flexibility index (Phi) is 4.35. The van der Waals surface area contributed by atoms with Crippen molar-refractivity contribution in [1.82, 2.24) is 0 Å². The molecule has 0 heterocycles. The predicted molar refractivity (Wildman–Crippen MR) is 84.4 cm³/mol. The van der Waals surface area contributed by atoms with Crippen LogP contribution in [0.5, 0.6) is 0 Å². The van der Waals surface area contributed by atoms with Crippen LogP contribution in [0, 0.1) is 18.6 Å². The van der Waals surface area contributed by atoms with Crippen LogP contribution in [0.15, 0.2) is 34.8 Å². The Morgan fingerprint density at radius 2 is 1.90 bits per heavy atom. The molecule has 0 amide bonds. The first-order valence-corrected chi connectivity index (χ1v) is 6.90. The molecule has 0 atom stereocenters. The molecule has 0 bridgehead atoms. The quantitative estimate of drug-likeness (QED) is 0.799. The van der Waals surface area contributed by atoms with Gasteiger partial charge in [0.1, 0.15) is 16.6 Å². The molecule has 0 aliphatic carbocycles. The van der Waals surface area contributed by atoms with E-state index in [2.05, 4.69) is 21.2 Å². The van der Waals surface area contributed by atoms with E-state index >= 15 is 0 Å². The minimum absolute atomic E-state index is 0.00903. The number of hydrogen-bond donors (Lipinski definition) is 2. The van der Waals surface area contributed by atoms with Crippen LogP contribution in [0.4, 0.5) is 20.2 Å². The minimum atomic E-state index is -0.499. The first-order chi connectivity index (χ1) is 9.38. The molecular weight excluding hydrogens is 346 g/mol. The number of nitrogens with one attached hydrogen (secondary N) is 1. The van der Waals surface area contributed by atoms with E-state index in [9.17, 15) is 8.78 Å². The van der Waals surface area contributed by atoms with Gasteiger partial charge in [-0.2, -0.15) is 0 Å². The Balaban J connectivity index is 2.33. The zero-order valence-electron chi connectivity index (χ0n) is 10.5. The average molecular weight is 357 g/mol. The van der Waals surface area contributed by atoms with E-state index in [0.29, 0.717) is 21.4 Å². The molecule has 0 radical (unpaired) electrons. The van der Waals surface area contributed by atoms with Crippen molar-refractivity contribution >= 4 is 44.5 Å². The lowest BCUT2D eigenvalue weighted by atomic mass is 10.1. The molecule has 6 heteroatoms. The third-order valence-electron chi connectivity index (χ3n) is 2.78. The van der Waals surface area contributed by atoms with E-state index in [1.807, 2.05) is 0 Å². The molecule has 104 valence electrons. The van der Waals surface area contributed by atoms with Crippen LogP contribution >= 0.6 is 28.1 Å². The number of rotatable bonds is 3. The van der Waals surface area contributed by atoms with Crippen LogP contribution in [-0.4, -0.2) is 4.99 Å². The molecule has 2 aromatic carbocycles. The summed E-state index contributed by atoms with van der Waals surface area (Å²) in [6, 6.07) is 7.46. The molecule has 2 rings (SSSR count). The Labute approximate surface area is 129 Å². The molecule has 0 aliphatic rings. The van der Waals surface area contributed by atoms with Crippen LogP contribution < -0.4 is 11.1 Å². The fraction of sp³-hybridized carbons (Fsp3) is 0.0714. The average Bonchev–Trinajstić information content (AvgIpc) is 2.35. The second-order valence-electron chi connectivity index (χ2n) is 4.27. The summed E-state index contributed by atoms with van der Waals surface area (Å²) >= 11 is 7.86. The van der Waals surface area contributed by atoms with E-state index in [1.165, 1.54) is 18.2 Å². The van der Waals surface area contributed by atoms with Crippen molar-refractivity contribution in [1.29, 1.82) is 0 Å². The van der Waals surface area contributed by atoms with Gasteiger partial charge in [0, 0.05) is 16.9 Å². The molecule has 0 fully saturated rings. The maximum atomic E-state index is 13.8. The highest BCUT2D eigenvalue weighted by atomic mass is 79.9. The first-order valence-electron chi connectivity index (χ1n) is 5.70. The fourth-order valence-electron chi connectivity index (χ4n) is 1.73. The topological polar surface area (TPSA) is 38.0 Å². The lowest BCUT2D eigenvalue weighted by Gasteiger charge is -2.12. The molecular formula is C14H11BrF2N2S. The molecule has 0 unspecified atom stereocenters. The van der Waals surface area contributed by atoms with Gasteiger partial charge in [-0.15, -0.1) is 0 Å². The normalized spacial score (nSPS) is 10.4. The molecule has 2 aromatic rings. The third kappa shape index (κ3) is 3.13. The van der Waals surface area contributed by atoms with E-state index in [-0.39, 0.29) is 16.4 Å². The Morgan fingerprint density at radius 1 is 1.20 bits per heavy atom. The predicted octanol–water partition coefficient (Wildman–Crippen LogP) is 4.41. The number of aryl methyl sites for hydroxylation is 1. The minimum Gasteiger partial charge on any atom is -0.389 e. The van der Waals surface area contributed by atoms with Crippen LogP contribution in [-0.2, 0) is 0 Å². The van der Waals surface area contributed by atoms with Gasteiger partial charge in [0.05, 0.1) is 4.47 Å². The highest BCUT2D eigenvalue weighted by molar-refractivity contribution is 9.10. The van der Waals surface area contributed by atoms with Gasteiger partial charge < -0.3 is 11.1 Å². The number of nitrogens with two attached hydrogens (primary N) is 1. The van der Waals surface area contributed by atoms with Gasteiger partial charge in [-0.05, 0) is 58.7 Å². The smallest absolute Gasteiger partial charge is 0.137 e. The molecule has 0 aromatic heterocycles. The van der Waals surface area contributed by atoms with E-state index in [4.69, 9.17) is 18.0 Å². The lowest BCUT2D eigenvalue weighted by Crippen LogP contribution is -2.11. The summed E-state index contributed by atoms with van der Waals surface area (Å²) in [6.45, 7) is 1.76. The van der Waals surface area contributed by atoms with Gasteiger partial charge in [-0.1, -0.05) is 12.2 Å². The second kappa shape index (κ2) is 5.85. The molecule has 0 aliphatic heterocycles. The van der Waals surface area contributed by atoms with Gasteiger partial charge in [-0.3, -0.25) is 0 Å². The van der Waals surface area contributed by atoms with Crippen molar-refractivity contribution in [3.8, 4) is 0 Å². The van der Waals surface area contributed by atoms with Crippen LogP contribution in [0.1, 0.15) is 11.1 Å². The largest absolute Gasteiger partial charge is 0.389 e. The number of hydrogen-bond acceptors (Lipinski definition) is 2. The SMILES string of the molecule is Cc1cc(F)c(Br)cc1Nc1ccc(C(N)=S)c(F)c1. The molecule has 0 saturated carbocycles. The van der Waals surface area contributed by atoms with Crippen molar-refractivity contribution in [3.63, 3.8) is 0 Å². The second-order valence-corrected chi connectivity index (χ2v) is 5.56. The van der Waals surface area contributed by atoms with E-state index in [0.717, 1.165) is 0 Å². The standard InChI is InChI=1S/C14H11BrF2N2S/c1-7-4-12(17)10(15)6-13(7)19-8-2-3-9(14(18)20)11(16)5-8/h2-6,19H,1H3,(H2,18,20). The third-order valence-corrected chi connectivity index (χ3v) is 3.61. The zero-order valence-corrected chi connectivity index (χ0v) is 12.9. The maximum Gasteiger partial charge on any atom is 0.137 e. The van der Waals surface area contributed by atoms with Crippen LogP contribution in [0.3, 0.4) is 0 Å². The zero-order chi connectivity index (χ0) is 14.9. The van der Waals surface area contributed by atoms with Crippen LogP contribution in [0.2, 0.25) is 0 Å². The van der Waals surface area contributed by atoms with Crippen molar-refractivity contribution in [2.24, 2.45) is 5.73 Å². The Hall–Kier alpha value is -1.53. The molecule has 3 N–H and O–H groups in total. The van der Waals surface area contributed by atoms with E-state index in [1.54, 1.807) is 19.1 Å². The van der Waals surface area contributed by atoms with Gasteiger partial charge >= 0.3 is 0 Å². The van der Waals surface area contributed by atoms with Gasteiger partial charge in [0.25, 0.3) is 0 Å². The molecule has 20 heavy (non-hydrogen) atoms. The number of anilines is 2. The summed E-state index contributed by atoms with van der Waals surface area (Å²) in [5.41, 5.74) is 7.52. The summed E-state index contributed by atoms with van der Waals surface area (Å²) in [6.07, 6.45) is 0. The number of benzene rings is 2. The van der Waals surface area contributed by atoms with Gasteiger partial charge in [-0.25, -0.2) is 8.78 Å². The number of thiocarbonyl (C=S) groups is 1. The van der Waals surface area contributed by atoms with Crippen molar-refractivity contribution in [2.45, 2.75) is 6.92 Å². The first kappa shape index (κ1) is 14.9. The van der Waals surface area contributed by atoms with E-state index < -0.39 is 5.82 Å². The number of halogens is 3. The highest BCUT2D eigenvalue weighted by Gasteiger charge is 2.08. The molecule has 0 saturated heterocycles. The highest BCUT2D eigenvalue weighted by Crippen LogP contribution is 2.27. The summed E-state index contributed by atoms with van der Waals surface area (Å²) in [5, 5.41) is 3.03. The summed E-state index contributed by atoms with van der Waals surface area (Å²) in [4.78, 5) is 0.00903. The monoisotopic (exact) mass is 356 g/mol. The van der Waals surface area contributed by atoms with Crippen molar-refractivity contribution in [2.75, 3.05) is 5.32 Å². The Bertz CT molecular complexity index is 689. The maximum absolute atomic E-state index is 13.8.